The molecule has 0 atom stereocenters. The minimum atomic E-state index is 0.722. The molecule has 17 heavy (non-hydrogen) atoms. The van der Waals surface area contributed by atoms with Crippen LogP contribution in [0.1, 0.15) is 11.1 Å². The number of rotatable bonds is 3. The molecule has 0 bridgehead atoms. The highest BCUT2D eigenvalue weighted by Gasteiger charge is 1.99. The van der Waals surface area contributed by atoms with Crippen molar-refractivity contribution in [2.75, 3.05) is 5.32 Å². The number of hydrogen-bond acceptors (Lipinski definition) is 1. The van der Waals surface area contributed by atoms with E-state index in [9.17, 15) is 0 Å². The third-order valence-corrected chi connectivity index (χ3v) is 3.73. The molecule has 0 saturated heterocycles. The molecule has 1 nitrogen and oxygen atoms in total. The monoisotopic (exact) mass is 309 g/mol. The molecule has 0 aliphatic heterocycles. The van der Waals surface area contributed by atoms with Gasteiger partial charge in [0, 0.05) is 16.7 Å². The fraction of sp³-hybridized carbons (Fsp3) is 0.143. The van der Waals surface area contributed by atoms with Gasteiger partial charge in [-0.15, -0.1) is 0 Å². The molecule has 0 spiro atoms. The maximum absolute atomic E-state index is 6.03. The summed E-state index contributed by atoms with van der Waals surface area (Å²) >= 11 is 9.41. The normalized spacial score (nSPS) is 10.3. The van der Waals surface area contributed by atoms with E-state index in [1.54, 1.807) is 0 Å². The molecule has 0 aliphatic rings. The van der Waals surface area contributed by atoms with Crippen molar-refractivity contribution in [3.8, 4) is 0 Å². The number of anilines is 1. The molecule has 0 radical (unpaired) electrons. The van der Waals surface area contributed by atoms with Crippen LogP contribution in [-0.2, 0) is 6.54 Å². The van der Waals surface area contributed by atoms with Crippen molar-refractivity contribution in [3.05, 3.63) is 63.1 Å². The Hall–Kier alpha value is -0.990. The molecule has 0 heterocycles. The standard InChI is InChI=1S/C14H13BrClN/c1-10-3-2-4-11(7-10)9-17-12-5-6-13(15)14(16)8-12/h2-8,17H,9H2,1H3. The fourth-order valence-electron chi connectivity index (χ4n) is 1.63. The smallest absolute Gasteiger partial charge is 0.0568 e. The van der Waals surface area contributed by atoms with Crippen LogP contribution in [0.25, 0.3) is 0 Å². The third kappa shape index (κ3) is 3.48. The second-order valence-electron chi connectivity index (χ2n) is 3.97. The number of nitrogens with one attached hydrogen (secondary N) is 1. The molecule has 88 valence electrons. The van der Waals surface area contributed by atoms with Crippen LogP contribution in [0.2, 0.25) is 5.02 Å². The average Bonchev–Trinajstić information content (AvgIpc) is 2.31. The molecule has 0 saturated carbocycles. The summed E-state index contributed by atoms with van der Waals surface area (Å²) in [5.74, 6) is 0. The second kappa shape index (κ2) is 5.56. The molecule has 0 fully saturated rings. The first kappa shape index (κ1) is 12.5. The third-order valence-electron chi connectivity index (χ3n) is 2.50. The topological polar surface area (TPSA) is 12.0 Å². The number of halogens is 2. The van der Waals surface area contributed by atoms with Crippen LogP contribution in [-0.4, -0.2) is 0 Å². The van der Waals surface area contributed by atoms with Crippen molar-refractivity contribution in [1.29, 1.82) is 0 Å². The van der Waals surface area contributed by atoms with Gasteiger partial charge in [-0.25, -0.2) is 0 Å². The predicted octanol–water partition coefficient (Wildman–Crippen LogP) is 5.02. The Morgan fingerprint density at radius 3 is 2.71 bits per heavy atom. The zero-order valence-corrected chi connectivity index (χ0v) is 11.8. The number of hydrogen-bond donors (Lipinski definition) is 1. The first-order valence-electron chi connectivity index (χ1n) is 5.39. The molecule has 3 heteroatoms. The quantitative estimate of drug-likeness (QED) is 0.839. The lowest BCUT2D eigenvalue weighted by atomic mass is 10.1. The Kier molecular flexibility index (Phi) is 4.08. The maximum Gasteiger partial charge on any atom is 0.0568 e. The molecule has 2 aromatic rings. The van der Waals surface area contributed by atoms with Crippen molar-refractivity contribution in [2.45, 2.75) is 13.5 Å². The van der Waals surface area contributed by atoms with Crippen LogP contribution >= 0.6 is 27.5 Å². The summed E-state index contributed by atoms with van der Waals surface area (Å²) in [6.45, 7) is 2.90. The van der Waals surface area contributed by atoms with Gasteiger partial charge < -0.3 is 5.32 Å². The van der Waals surface area contributed by atoms with E-state index in [-0.39, 0.29) is 0 Å². The predicted molar refractivity (Wildman–Crippen MR) is 77.7 cm³/mol. The zero-order chi connectivity index (χ0) is 12.3. The number of aryl methyl sites for hydroxylation is 1. The Labute approximate surface area is 115 Å². The zero-order valence-electron chi connectivity index (χ0n) is 9.50. The van der Waals surface area contributed by atoms with Gasteiger partial charge in [0.25, 0.3) is 0 Å². The summed E-state index contributed by atoms with van der Waals surface area (Å²) in [5, 5.41) is 4.07. The van der Waals surface area contributed by atoms with Gasteiger partial charge in [0.2, 0.25) is 0 Å². The van der Waals surface area contributed by atoms with E-state index in [0.29, 0.717) is 0 Å². The van der Waals surface area contributed by atoms with Crippen LogP contribution in [0, 0.1) is 6.92 Å². The minimum absolute atomic E-state index is 0.722. The van der Waals surface area contributed by atoms with Crippen molar-refractivity contribution in [3.63, 3.8) is 0 Å². The van der Waals surface area contributed by atoms with Gasteiger partial charge in [-0.05, 0) is 46.6 Å². The molecule has 1 N–H and O–H groups in total. The largest absolute Gasteiger partial charge is 0.381 e. The second-order valence-corrected chi connectivity index (χ2v) is 5.23. The van der Waals surface area contributed by atoms with E-state index in [2.05, 4.69) is 52.4 Å². The van der Waals surface area contributed by atoms with Crippen LogP contribution in [0.15, 0.2) is 46.9 Å². The van der Waals surface area contributed by atoms with E-state index in [1.807, 2.05) is 18.2 Å². The van der Waals surface area contributed by atoms with Gasteiger partial charge in [0.15, 0.2) is 0 Å². The molecule has 2 rings (SSSR count). The molecule has 2 aromatic carbocycles. The van der Waals surface area contributed by atoms with Crippen LogP contribution in [0.5, 0.6) is 0 Å². The lowest BCUT2D eigenvalue weighted by Crippen LogP contribution is -1.99. The summed E-state index contributed by atoms with van der Waals surface area (Å²) < 4.78 is 0.917. The Balaban J connectivity index is 2.05. The SMILES string of the molecule is Cc1cccc(CNc2ccc(Br)c(Cl)c2)c1. The molecular weight excluding hydrogens is 298 g/mol. The van der Waals surface area contributed by atoms with E-state index in [0.717, 1.165) is 21.7 Å². The summed E-state index contributed by atoms with van der Waals surface area (Å²) in [5.41, 5.74) is 3.57. The van der Waals surface area contributed by atoms with E-state index in [4.69, 9.17) is 11.6 Å². The highest BCUT2D eigenvalue weighted by atomic mass is 79.9. The summed E-state index contributed by atoms with van der Waals surface area (Å²) in [7, 11) is 0. The minimum Gasteiger partial charge on any atom is -0.381 e. The van der Waals surface area contributed by atoms with Crippen molar-refractivity contribution >= 4 is 33.2 Å². The van der Waals surface area contributed by atoms with Gasteiger partial charge in [-0.1, -0.05) is 41.4 Å². The Morgan fingerprint density at radius 2 is 2.00 bits per heavy atom. The highest BCUT2D eigenvalue weighted by Crippen LogP contribution is 2.25. The lowest BCUT2D eigenvalue weighted by molar-refractivity contribution is 1.14. The van der Waals surface area contributed by atoms with Gasteiger partial charge in [-0.2, -0.15) is 0 Å². The summed E-state index contributed by atoms with van der Waals surface area (Å²) in [4.78, 5) is 0. The Morgan fingerprint density at radius 1 is 1.18 bits per heavy atom. The molecule has 0 aromatic heterocycles. The van der Waals surface area contributed by atoms with Crippen molar-refractivity contribution in [1.82, 2.24) is 0 Å². The summed E-state index contributed by atoms with van der Waals surface area (Å²) in [6, 6.07) is 14.3. The molecular formula is C14H13BrClN. The van der Waals surface area contributed by atoms with Gasteiger partial charge in [0.1, 0.15) is 0 Å². The average molecular weight is 311 g/mol. The Bertz CT molecular complexity index is 525. The van der Waals surface area contributed by atoms with E-state index in [1.165, 1.54) is 11.1 Å². The molecule has 0 unspecified atom stereocenters. The van der Waals surface area contributed by atoms with Gasteiger partial charge >= 0.3 is 0 Å². The fourth-order valence-corrected chi connectivity index (χ4v) is 2.06. The van der Waals surface area contributed by atoms with Crippen molar-refractivity contribution < 1.29 is 0 Å². The molecule has 0 aliphatic carbocycles. The van der Waals surface area contributed by atoms with E-state index < -0.39 is 0 Å². The summed E-state index contributed by atoms with van der Waals surface area (Å²) in [6.07, 6.45) is 0. The lowest BCUT2D eigenvalue weighted by Gasteiger charge is -2.08. The first-order chi connectivity index (χ1) is 8.15. The van der Waals surface area contributed by atoms with Crippen LogP contribution in [0.4, 0.5) is 5.69 Å². The van der Waals surface area contributed by atoms with E-state index >= 15 is 0 Å². The van der Waals surface area contributed by atoms with Crippen molar-refractivity contribution in [2.24, 2.45) is 0 Å². The molecule has 0 amide bonds. The maximum atomic E-state index is 6.03. The number of benzene rings is 2. The van der Waals surface area contributed by atoms with Gasteiger partial charge in [-0.3, -0.25) is 0 Å². The first-order valence-corrected chi connectivity index (χ1v) is 6.57. The van der Waals surface area contributed by atoms with Crippen LogP contribution < -0.4 is 5.32 Å². The van der Waals surface area contributed by atoms with Crippen LogP contribution in [0.3, 0.4) is 0 Å². The van der Waals surface area contributed by atoms with Gasteiger partial charge in [0.05, 0.1) is 5.02 Å². The highest BCUT2D eigenvalue weighted by molar-refractivity contribution is 9.10.